The predicted octanol–water partition coefficient (Wildman–Crippen LogP) is 3.66. The molecule has 0 saturated carbocycles. The Balaban J connectivity index is 2.26. The van der Waals surface area contributed by atoms with E-state index in [9.17, 15) is 13.2 Å². The van der Waals surface area contributed by atoms with Gasteiger partial charge in [0.15, 0.2) is 0 Å². The van der Waals surface area contributed by atoms with Crippen LogP contribution in [0.2, 0.25) is 0 Å². The van der Waals surface area contributed by atoms with Crippen LogP contribution in [0.15, 0.2) is 18.2 Å². The molecule has 0 bridgehead atoms. The molecular weight excluding hydrogens is 227 g/mol. The second-order valence-corrected chi connectivity index (χ2v) is 4.52. The molecule has 1 aromatic carbocycles. The van der Waals surface area contributed by atoms with E-state index in [0.717, 1.165) is 31.9 Å². The number of halogens is 3. The first-order valence-corrected chi connectivity index (χ1v) is 5.77. The van der Waals surface area contributed by atoms with Crippen molar-refractivity contribution in [2.24, 2.45) is 0 Å². The Hall–Kier alpha value is -1.03. The van der Waals surface area contributed by atoms with Gasteiger partial charge in [-0.25, -0.2) is 0 Å². The fourth-order valence-electron chi connectivity index (χ4n) is 2.32. The van der Waals surface area contributed by atoms with Crippen LogP contribution < -0.4 is 0 Å². The van der Waals surface area contributed by atoms with Gasteiger partial charge in [0.05, 0.1) is 5.56 Å². The average Bonchev–Trinajstić information content (AvgIpc) is 2.29. The van der Waals surface area contributed by atoms with Crippen LogP contribution in [0.3, 0.4) is 0 Å². The quantitative estimate of drug-likeness (QED) is 0.726. The number of benzene rings is 1. The number of piperidine rings is 1. The highest BCUT2D eigenvalue weighted by atomic mass is 19.4. The van der Waals surface area contributed by atoms with Crippen LogP contribution in [0.25, 0.3) is 0 Å². The summed E-state index contributed by atoms with van der Waals surface area (Å²) in [6.07, 6.45) is -1.17. The highest BCUT2D eigenvalue weighted by Crippen LogP contribution is 2.34. The number of alkyl halides is 3. The van der Waals surface area contributed by atoms with E-state index >= 15 is 0 Å². The highest BCUT2D eigenvalue weighted by Gasteiger charge is 2.31. The van der Waals surface area contributed by atoms with E-state index in [2.05, 4.69) is 11.0 Å². The monoisotopic (exact) mass is 242 g/mol. The molecular formula is C13H15F3N. The van der Waals surface area contributed by atoms with Crippen molar-refractivity contribution in [3.8, 4) is 0 Å². The second kappa shape index (κ2) is 4.69. The summed E-state index contributed by atoms with van der Waals surface area (Å²) in [5.41, 5.74) is 0.0762. The largest absolute Gasteiger partial charge is 0.416 e. The first-order chi connectivity index (χ1) is 7.98. The molecule has 1 aliphatic heterocycles. The second-order valence-electron chi connectivity index (χ2n) is 4.52. The third-order valence-electron chi connectivity index (χ3n) is 3.28. The Morgan fingerprint density at radius 2 is 2.12 bits per heavy atom. The van der Waals surface area contributed by atoms with Crippen molar-refractivity contribution >= 4 is 0 Å². The lowest BCUT2D eigenvalue weighted by Crippen LogP contribution is -2.29. The minimum Gasteiger partial charge on any atom is -0.299 e. The Morgan fingerprint density at radius 1 is 1.35 bits per heavy atom. The predicted molar refractivity (Wildman–Crippen MR) is 59.5 cm³/mol. The van der Waals surface area contributed by atoms with Gasteiger partial charge in [0, 0.05) is 6.04 Å². The van der Waals surface area contributed by atoms with Gasteiger partial charge in [0.2, 0.25) is 0 Å². The normalized spacial score (nSPS) is 22.7. The third kappa shape index (κ3) is 2.80. The molecule has 0 aliphatic carbocycles. The van der Waals surface area contributed by atoms with Gasteiger partial charge < -0.3 is 0 Å². The molecule has 1 saturated heterocycles. The van der Waals surface area contributed by atoms with Gasteiger partial charge in [0.25, 0.3) is 0 Å². The van der Waals surface area contributed by atoms with Crippen molar-refractivity contribution in [1.29, 1.82) is 0 Å². The lowest BCUT2D eigenvalue weighted by molar-refractivity contribution is -0.137. The molecule has 1 aliphatic rings. The zero-order valence-electron chi connectivity index (χ0n) is 9.72. The molecule has 0 N–H and O–H groups in total. The molecule has 17 heavy (non-hydrogen) atoms. The maximum absolute atomic E-state index is 12.6. The molecule has 1 aromatic rings. The van der Waals surface area contributed by atoms with Crippen LogP contribution in [0.4, 0.5) is 13.2 Å². The van der Waals surface area contributed by atoms with E-state index in [1.807, 2.05) is 7.05 Å². The molecule has 0 amide bonds. The van der Waals surface area contributed by atoms with Crippen LogP contribution in [0.1, 0.15) is 36.4 Å². The lowest BCUT2D eigenvalue weighted by Gasteiger charge is -2.32. The summed E-state index contributed by atoms with van der Waals surface area (Å²) in [7, 11) is 1.96. The van der Waals surface area contributed by atoms with E-state index < -0.39 is 11.7 Å². The Labute approximate surface area is 99.2 Å². The summed E-state index contributed by atoms with van der Waals surface area (Å²) in [4.78, 5) is 2.11. The number of hydrogen-bond acceptors (Lipinski definition) is 1. The molecule has 1 unspecified atom stereocenters. The molecule has 4 heteroatoms. The Morgan fingerprint density at radius 3 is 2.76 bits per heavy atom. The van der Waals surface area contributed by atoms with E-state index in [1.165, 1.54) is 12.1 Å². The van der Waals surface area contributed by atoms with Crippen LogP contribution in [0.5, 0.6) is 0 Å². The smallest absolute Gasteiger partial charge is 0.299 e. The molecule has 0 spiro atoms. The van der Waals surface area contributed by atoms with Crippen molar-refractivity contribution < 1.29 is 13.2 Å². The van der Waals surface area contributed by atoms with Crippen molar-refractivity contribution in [3.05, 3.63) is 35.4 Å². The van der Waals surface area contributed by atoms with Gasteiger partial charge in [-0.1, -0.05) is 12.5 Å². The van der Waals surface area contributed by atoms with Crippen molar-refractivity contribution in [2.45, 2.75) is 31.5 Å². The number of nitrogens with zero attached hydrogens (tertiary/aromatic N) is 1. The number of rotatable bonds is 1. The first kappa shape index (κ1) is 12.4. The molecule has 0 aromatic heterocycles. The van der Waals surface area contributed by atoms with Crippen molar-refractivity contribution in [3.63, 3.8) is 0 Å². The Kier molecular flexibility index (Phi) is 3.43. The molecule has 1 atom stereocenters. The maximum atomic E-state index is 12.6. The van der Waals surface area contributed by atoms with Gasteiger partial charge in [-0.15, -0.1) is 0 Å². The fraction of sp³-hybridized carbons (Fsp3) is 0.538. The highest BCUT2D eigenvalue weighted by molar-refractivity contribution is 5.27. The summed E-state index contributed by atoms with van der Waals surface area (Å²) in [6.45, 7) is 0.939. The minimum atomic E-state index is -4.27. The van der Waals surface area contributed by atoms with Crippen molar-refractivity contribution in [1.82, 2.24) is 4.90 Å². The third-order valence-corrected chi connectivity index (χ3v) is 3.28. The molecule has 2 rings (SSSR count). The van der Waals surface area contributed by atoms with E-state index in [4.69, 9.17) is 0 Å². The summed E-state index contributed by atoms with van der Waals surface area (Å²) in [6, 6.07) is 6.69. The van der Waals surface area contributed by atoms with E-state index in [-0.39, 0.29) is 6.04 Å². The summed E-state index contributed by atoms with van der Waals surface area (Å²) >= 11 is 0. The van der Waals surface area contributed by atoms with E-state index in [0.29, 0.717) is 5.56 Å². The summed E-state index contributed by atoms with van der Waals surface area (Å²) < 4.78 is 37.8. The van der Waals surface area contributed by atoms with Gasteiger partial charge in [-0.3, -0.25) is 4.90 Å². The standard InChI is InChI=1S/C13H15F3N/c1-17-8-3-2-7-12(17)10-5-4-6-11(9-10)13(14,15)16/h4,6,9,12H,2-3,7-8H2,1H3. The van der Waals surface area contributed by atoms with Gasteiger partial charge >= 0.3 is 6.18 Å². The van der Waals surface area contributed by atoms with Crippen molar-refractivity contribution in [2.75, 3.05) is 13.6 Å². The molecule has 93 valence electrons. The van der Waals surface area contributed by atoms with Gasteiger partial charge in [-0.05, 0) is 50.2 Å². The lowest BCUT2D eigenvalue weighted by atomic mass is 9.94. The fourth-order valence-corrected chi connectivity index (χ4v) is 2.32. The Bertz CT molecular complexity index is 386. The zero-order chi connectivity index (χ0) is 12.5. The molecule has 1 radical (unpaired) electrons. The SMILES string of the molecule is CN1CCCCC1c1[c]ccc(C(F)(F)F)c1. The zero-order valence-corrected chi connectivity index (χ0v) is 9.72. The molecule has 1 fully saturated rings. The minimum absolute atomic E-state index is 0.0750. The van der Waals surface area contributed by atoms with Crippen LogP contribution >= 0.6 is 0 Å². The number of likely N-dealkylation sites (tertiary alicyclic amines) is 1. The van der Waals surface area contributed by atoms with Crippen LogP contribution in [0, 0.1) is 6.07 Å². The number of hydrogen-bond donors (Lipinski definition) is 0. The van der Waals surface area contributed by atoms with Gasteiger partial charge in [0.1, 0.15) is 0 Å². The van der Waals surface area contributed by atoms with Gasteiger partial charge in [-0.2, -0.15) is 13.2 Å². The average molecular weight is 242 g/mol. The topological polar surface area (TPSA) is 3.24 Å². The van der Waals surface area contributed by atoms with Crippen LogP contribution in [-0.2, 0) is 6.18 Å². The maximum Gasteiger partial charge on any atom is 0.416 e. The molecule has 1 nitrogen and oxygen atoms in total. The summed E-state index contributed by atoms with van der Waals surface area (Å²) in [5, 5.41) is 0. The summed E-state index contributed by atoms with van der Waals surface area (Å²) in [5.74, 6) is 0. The molecule has 1 heterocycles. The van der Waals surface area contributed by atoms with Crippen LogP contribution in [-0.4, -0.2) is 18.5 Å². The first-order valence-electron chi connectivity index (χ1n) is 5.77. The van der Waals surface area contributed by atoms with E-state index in [1.54, 1.807) is 0 Å².